The van der Waals surface area contributed by atoms with Gasteiger partial charge in [0.25, 0.3) is 5.91 Å². The van der Waals surface area contributed by atoms with Gasteiger partial charge in [0.15, 0.2) is 0 Å². The Hall–Kier alpha value is -3.02. The molecule has 1 heterocycles. The lowest BCUT2D eigenvalue weighted by atomic mass is 9.93. The van der Waals surface area contributed by atoms with Crippen LogP contribution in [0.2, 0.25) is 0 Å². The molecule has 1 aliphatic heterocycles. The molecule has 1 N–H and O–H groups in total. The van der Waals surface area contributed by atoms with Crippen LogP contribution in [0.5, 0.6) is 11.5 Å². The van der Waals surface area contributed by atoms with E-state index in [1.807, 2.05) is 20.8 Å². The summed E-state index contributed by atoms with van der Waals surface area (Å²) in [5.41, 5.74) is 1.21. The Morgan fingerprint density at radius 1 is 1.21 bits per heavy atom. The Morgan fingerprint density at radius 2 is 1.93 bits per heavy atom. The Morgan fingerprint density at radius 3 is 2.57 bits per heavy atom. The first kappa shape index (κ1) is 19.7. The summed E-state index contributed by atoms with van der Waals surface area (Å²) in [6.45, 7) is 6.71. The first-order chi connectivity index (χ1) is 13.4. The van der Waals surface area contributed by atoms with Gasteiger partial charge in [-0.2, -0.15) is 0 Å². The van der Waals surface area contributed by atoms with Crippen molar-refractivity contribution in [2.24, 2.45) is 5.41 Å². The van der Waals surface area contributed by atoms with Crippen molar-refractivity contribution in [3.05, 3.63) is 48.0 Å². The van der Waals surface area contributed by atoms with E-state index < -0.39 is 5.41 Å². The van der Waals surface area contributed by atoms with Gasteiger partial charge in [-0.15, -0.1) is 0 Å². The molecule has 148 valence electrons. The van der Waals surface area contributed by atoms with Crippen molar-refractivity contribution in [1.29, 1.82) is 0 Å². The number of carbonyl (C=O) groups is 2. The smallest absolute Gasteiger partial charge is 0.255 e. The fraction of sp³-hybridized carbons (Fsp3) is 0.364. The summed E-state index contributed by atoms with van der Waals surface area (Å²) in [6.07, 6.45) is 0.823. The lowest BCUT2D eigenvalue weighted by Gasteiger charge is -2.27. The van der Waals surface area contributed by atoms with Gasteiger partial charge in [0.05, 0.1) is 18.2 Å². The zero-order valence-electron chi connectivity index (χ0n) is 16.7. The van der Waals surface area contributed by atoms with E-state index in [4.69, 9.17) is 9.47 Å². The number of amides is 2. The number of hydrogen-bond donors (Lipinski definition) is 1. The molecule has 6 nitrogen and oxygen atoms in total. The van der Waals surface area contributed by atoms with Crippen molar-refractivity contribution < 1.29 is 19.1 Å². The Kier molecular flexibility index (Phi) is 5.58. The van der Waals surface area contributed by atoms with Crippen LogP contribution >= 0.6 is 0 Å². The van der Waals surface area contributed by atoms with Crippen LogP contribution in [0.3, 0.4) is 0 Å². The van der Waals surface area contributed by atoms with Gasteiger partial charge in [-0.05, 0) is 62.7 Å². The maximum atomic E-state index is 13.0. The molecule has 3 rings (SSSR count). The highest BCUT2D eigenvalue weighted by Gasteiger charge is 2.37. The van der Waals surface area contributed by atoms with Gasteiger partial charge < -0.3 is 19.7 Å². The highest BCUT2D eigenvalue weighted by atomic mass is 16.5. The third-order valence-corrected chi connectivity index (χ3v) is 4.72. The average Bonchev–Trinajstić information content (AvgIpc) is 2.78. The maximum Gasteiger partial charge on any atom is 0.255 e. The Bertz CT molecular complexity index is 875. The van der Waals surface area contributed by atoms with Crippen LogP contribution in [0.4, 0.5) is 11.4 Å². The van der Waals surface area contributed by atoms with Crippen LogP contribution in [-0.4, -0.2) is 32.1 Å². The second kappa shape index (κ2) is 7.92. The van der Waals surface area contributed by atoms with E-state index in [1.54, 1.807) is 54.5 Å². The van der Waals surface area contributed by atoms with E-state index in [0.29, 0.717) is 41.6 Å². The zero-order valence-corrected chi connectivity index (χ0v) is 16.7. The molecule has 28 heavy (non-hydrogen) atoms. The van der Waals surface area contributed by atoms with Crippen LogP contribution < -0.4 is 19.7 Å². The number of nitrogens with zero attached hydrogens (tertiary/aromatic N) is 1. The van der Waals surface area contributed by atoms with Crippen molar-refractivity contribution >= 4 is 23.2 Å². The number of ether oxygens (including phenoxy) is 2. The number of nitrogens with one attached hydrogen (secondary N) is 1. The topological polar surface area (TPSA) is 67.9 Å². The van der Waals surface area contributed by atoms with Crippen molar-refractivity contribution in [2.75, 3.05) is 30.5 Å². The molecule has 0 atom stereocenters. The fourth-order valence-electron chi connectivity index (χ4n) is 3.11. The second-order valence-electron chi connectivity index (χ2n) is 7.49. The standard InChI is InChI=1S/C22H26N2O4/c1-5-12-24-18-13-16(8-11-19(18)28-14-22(2,3)21(24)26)23-20(25)15-6-9-17(27-4)10-7-15/h6-11,13H,5,12,14H2,1-4H3,(H,23,25). The van der Waals surface area contributed by atoms with E-state index in [-0.39, 0.29) is 11.8 Å². The van der Waals surface area contributed by atoms with Crippen LogP contribution in [-0.2, 0) is 4.79 Å². The molecule has 0 bridgehead atoms. The predicted octanol–water partition coefficient (Wildman–Crippen LogP) is 4.11. The van der Waals surface area contributed by atoms with Crippen molar-refractivity contribution in [3.63, 3.8) is 0 Å². The molecule has 0 radical (unpaired) electrons. The Labute approximate surface area is 165 Å². The van der Waals surface area contributed by atoms with Gasteiger partial charge in [0.1, 0.15) is 18.1 Å². The van der Waals surface area contributed by atoms with Gasteiger partial charge in [0.2, 0.25) is 5.91 Å². The lowest BCUT2D eigenvalue weighted by Crippen LogP contribution is -2.42. The van der Waals surface area contributed by atoms with E-state index in [9.17, 15) is 9.59 Å². The number of anilines is 2. The highest BCUT2D eigenvalue weighted by molar-refractivity contribution is 6.05. The van der Waals surface area contributed by atoms with Gasteiger partial charge in [-0.25, -0.2) is 0 Å². The molecule has 0 fully saturated rings. The molecule has 2 aromatic carbocycles. The molecule has 0 aliphatic carbocycles. The van der Waals surface area contributed by atoms with Crippen LogP contribution in [0.15, 0.2) is 42.5 Å². The third-order valence-electron chi connectivity index (χ3n) is 4.72. The molecule has 2 aromatic rings. The van der Waals surface area contributed by atoms with Crippen molar-refractivity contribution in [1.82, 2.24) is 0 Å². The number of methoxy groups -OCH3 is 1. The number of carbonyl (C=O) groups excluding carboxylic acids is 2. The molecule has 2 amide bonds. The quantitative estimate of drug-likeness (QED) is 0.845. The maximum absolute atomic E-state index is 13.0. The first-order valence-electron chi connectivity index (χ1n) is 9.40. The molecule has 0 saturated heterocycles. The molecule has 6 heteroatoms. The van der Waals surface area contributed by atoms with Crippen LogP contribution in [0.1, 0.15) is 37.6 Å². The molecule has 0 spiro atoms. The number of hydrogen-bond acceptors (Lipinski definition) is 4. The first-order valence-corrected chi connectivity index (χ1v) is 9.40. The van der Waals surface area contributed by atoms with Gasteiger partial charge in [0, 0.05) is 17.8 Å². The zero-order chi connectivity index (χ0) is 20.3. The molecule has 1 aliphatic rings. The molecule has 0 unspecified atom stereocenters. The summed E-state index contributed by atoms with van der Waals surface area (Å²) in [7, 11) is 1.58. The minimum Gasteiger partial charge on any atom is -0.497 e. The average molecular weight is 382 g/mol. The highest BCUT2D eigenvalue weighted by Crippen LogP contribution is 2.38. The van der Waals surface area contributed by atoms with Gasteiger partial charge >= 0.3 is 0 Å². The Balaban J connectivity index is 1.88. The summed E-state index contributed by atoms with van der Waals surface area (Å²) in [6, 6.07) is 12.3. The fourth-order valence-corrected chi connectivity index (χ4v) is 3.11. The molecular weight excluding hydrogens is 356 g/mol. The van der Waals surface area contributed by atoms with Crippen molar-refractivity contribution in [3.8, 4) is 11.5 Å². The van der Waals surface area contributed by atoms with Crippen LogP contribution in [0.25, 0.3) is 0 Å². The SMILES string of the molecule is CCCN1C(=O)C(C)(C)COc2ccc(NC(=O)c3ccc(OC)cc3)cc21. The minimum atomic E-state index is -0.610. The largest absolute Gasteiger partial charge is 0.497 e. The summed E-state index contributed by atoms with van der Waals surface area (Å²) in [4.78, 5) is 27.3. The van der Waals surface area contributed by atoms with Gasteiger partial charge in [-0.3, -0.25) is 9.59 Å². The van der Waals surface area contributed by atoms with Gasteiger partial charge in [-0.1, -0.05) is 6.92 Å². The van der Waals surface area contributed by atoms with E-state index in [2.05, 4.69) is 5.32 Å². The summed E-state index contributed by atoms with van der Waals surface area (Å²) < 4.78 is 11.0. The monoisotopic (exact) mass is 382 g/mol. The second-order valence-corrected chi connectivity index (χ2v) is 7.49. The van der Waals surface area contributed by atoms with Crippen LogP contribution in [0, 0.1) is 5.41 Å². The number of benzene rings is 2. The van der Waals surface area contributed by atoms with Crippen molar-refractivity contribution in [2.45, 2.75) is 27.2 Å². The minimum absolute atomic E-state index is 0.0201. The summed E-state index contributed by atoms with van der Waals surface area (Å²) in [5.74, 6) is 1.13. The number of rotatable bonds is 5. The predicted molar refractivity (Wildman–Crippen MR) is 109 cm³/mol. The van der Waals surface area contributed by atoms with E-state index in [1.165, 1.54) is 0 Å². The molecule has 0 aromatic heterocycles. The lowest BCUT2D eigenvalue weighted by molar-refractivity contribution is -0.127. The normalized spacial score (nSPS) is 15.3. The third kappa shape index (κ3) is 3.96. The van der Waals surface area contributed by atoms with E-state index in [0.717, 1.165) is 6.42 Å². The number of fused-ring (bicyclic) bond motifs is 1. The van der Waals surface area contributed by atoms with E-state index >= 15 is 0 Å². The summed E-state index contributed by atoms with van der Waals surface area (Å²) >= 11 is 0. The molecule has 0 saturated carbocycles. The molecular formula is C22H26N2O4. The summed E-state index contributed by atoms with van der Waals surface area (Å²) in [5, 5.41) is 2.89.